The number of methoxy groups -OCH3 is 1. The van der Waals surface area contributed by atoms with Crippen molar-refractivity contribution in [1.82, 2.24) is 15.1 Å². The number of hydrogen-bond donors (Lipinski definition) is 1. The summed E-state index contributed by atoms with van der Waals surface area (Å²) in [6.07, 6.45) is 1.83. The Morgan fingerprint density at radius 2 is 1.89 bits per heavy atom. The first-order valence-corrected chi connectivity index (χ1v) is 9.72. The average molecular weight is 394 g/mol. The number of likely N-dealkylation sites (N-methyl/N-ethyl adjacent to an activating group) is 1. The Morgan fingerprint density at radius 3 is 2.46 bits per heavy atom. The van der Waals surface area contributed by atoms with Crippen molar-refractivity contribution < 1.29 is 18.7 Å². The van der Waals surface area contributed by atoms with Crippen LogP contribution in [0.25, 0.3) is 0 Å². The maximum absolute atomic E-state index is 13.6. The SMILES string of the molecule is COc1cc(F)cc(C(=O)NCC2CCN(CC(=O)N(C)C(C)(C)C)CC2)c1. The van der Waals surface area contributed by atoms with Gasteiger partial charge in [-0.05, 0) is 64.8 Å². The molecule has 0 unspecified atom stereocenters. The molecule has 1 aromatic carbocycles. The van der Waals surface area contributed by atoms with Crippen molar-refractivity contribution in [1.29, 1.82) is 0 Å². The van der Waals surface area contributed by atoms with Crippen LogP contribution in [0, 0.1) is 11.7 Å². The number of benzene rings is 1. The Bertz CT molecular complexity index is 695. The van der Waals surface area contributed by atoms with Crippen molar-refractivity contribution in [2.24, 2.45) is 5.92 Å². The summed E-state index contributed by atoms with van der Waals surface area (Å²) >= 11 is 0. The number of ether oxygens (including phenoxy) is 1. The topological polar surface area (TPSA) is 61.9 Å². The number of carbonyl (C=O) groups is 2. The number of rotatable bonds is 6. The molecule has 1 heterocycles. The van der Waals surface area contributed by atoms with E-state index in [2.05, 4.69) is 10.2 Å². The second kappa shape index (κ2) is 9.37. The van der Waals surface area contributed by atoms with Crippen molar-refractivity contribution in [3.63, 3.8) is 0 Å². The van der Waals surface area contributed by atoms with Gasteiger partial charge in [-0.15, -0.1) is 0 Å². The molecule has 0 aliphatic carbocycles. The number of nitrogens with zero attached hydrogens (tertiary/aromatic N) is 2. The first kappa shape index (κ1) is 22.1. The third-order valence-corrected chi connectivity index (χ3v) is 5.37. The maximum Gasteiger partial charge on any atom is 0.251 e. The van der Waals surface area contributed by atoms with E-state index >= 15 is 0 Å². The summed E-state index contributed by atoms with van der Waals surface area (Å²) in [5.74, 6) is -0.00123. The quantitative estimate of drug-likeness (QED) is 0.807. The molecule has 0 saturated carbocycles. The molecular weight excluding hydrogens is 361 g/mol. The fourth-order valence-corrected chi connectivity index (χ4v) is 3.17. The fraction of sp³-hybridized carbons (Fsp3) is 0.619. The number of likely N-dealkylation sites (tertiary alicyclic amines) is 1. The van der Waals surface area contributed by atoms with Gasteiger partial charge in [0.25, 0.3) is 5.91 Å². The lowest BCUT2D eigenvalue weighted by atomic mass is 9.96. The maximum atomic E-state index is 13.6. The molecule has 2 rings (SSSR count). The van der Waals surface area contributed by atoms with Crippen LogP contribution in [0.1, 0.15) is 44.0 Å². The van der Waals surface area contributed by atoms with E-state index in [1.165, 1.54) is 25.3 Å². The highest BCUT2D eigenvalue weighted by Gasteiger charge is 2.26. The van der Waals surface area contributed by atoms with Crippen molar-refractivity contribution in [3.8, 4) is 5.75 Å². The van der Waals surface area contributed by atoms with Crippen LogP contribution in [-0.4, -0.2) is 67.5 Å². The molecule has 28 heavy (non-hydrogen) atoms. The van der Waals surface area contributed by atoms with Gasteiger partial charge in [-0.1, -0.05) is 0 Å². The first-order chi connectivity index (χ1) is 13.1. The monoisotopic (exact) mass is 393 g/mol. The molecule has 7 heteroatoms. The van der Waals surface area contributed by atoms with Crippen LogP contribution in [0.3, 0.4) is 0 Å². The minimum Gasteiger partial charge on any atom is -0.497 e. The smallest absolute Gasteiger partial charge is 0.251 e. The molecule has 6 nitrogen and oxygen atoms in total. The lowest BCUT2D eigenvalue weighted by Gasteiger charge is -2.36. The first-order valence-electron chi connectivity index (χ1n) is 9.72. The molecule has 1 aliphatic rings. The number of hydrogen-bond acceptors (Lipinski definition) is 4. The molecule has 0 radical (unpaired) electrons. The van der Waals surface area contributed by atoms with Gasteiger partial charge in [-0.2, -0.15) is 0 Å². The zero-order valence-corrected chi connectivity index (χ0v) is 17.5. The van der Waals surface area contributed by atoms with Crippen molar-refractivity contribution >= 4 is 11.8 Å². The predicted octanol–water partition coefficient (Wildman–Crippen LogP) is 2.53. The summed E-state index contributed by atoms with van der Waals surface area (Å²) in [5.41, 5.74) is 0.0735. The van der Waals surface area contributed by atoms with E-state index in [-0.39, 0.29) is 22.9 Å². The van der Waals surface area contributed by atoms with E-state index in [4.69, 9.17) is 4.74 Å². The molecule has 0 atom stereocenters. The summed E-state index contributed by atoms with van der Waals surface area (Å²) < 4.78 is 18.6. The van der Waals surface area contributed by atoms with Crippen LogP contribution in [0.15, 0.2) is 18.2 Å². The van der Waals surface area contributed by atoms with Gasteiger partial charge < -0.3 is 15.0 Å². The third kappa shape index (κ3) is 6.19. The minimum atomic E-state index is -0.497. The summed E-state index contributed by atoms with van der Waals surface area (Å²) in [6, 6.07) is 3.97. The van der Waals surface area contributed by atoms with E-state index in [1.807, 2.05) is 27.8 Å². The molecule has 156 valence electrons. The predicted molar refractivity (Wildman–Crippen MR) is 107 cm³/mol. The Kier molecular flexibility index (Phi) is 7.41. The second-order valence-corrected chi connectivity index (χ2v) is 8.43. The molecule has 2 amide bonds. The molecular formula is C21H32FN3O3. The van der Waals surface area contributed by atoms with Gasteiger partial charge in [0.2, 0.25) is 5.91 Å². The Labute approximate surface area is 167 Å². The van der Waals surface area contributed by atoms with E-state index in [1.54, 1.807) is 4.90 Å². The summed E-state index contributed by atoms with van der Waals surface area (Å²) in [4.78, 5) is 28.6. The fourth-order valence-electron chi connectivity index (χ4n) is 3.17. The van der Waals surface area contributed by atoms with Gasteiger partial charge in [0.05, 0.1) is 13.7 Å². The van der Waals surface area contributed by atoms with Gasteiger partial charge in [0, 0.05) is 30.8 Å². The van der Waals surface area contributed by atoms with E-state index in [0.717, 1.165) is 25.9 Å². The largest absolute Gasteiger partial charge is 0.497 e. The number of piperidine rings is 1. The molecule has 1 saturated heterocycles. The zero-order valence-electron chi connectivity index (χ0n) is 17.5. The number of amides is 2. The van der Waals surface area contributed by atoms with Gasteiger partial charge in [-0.25, -0.2) is 4.39 Å². The molecule has 0 spiro atoms. The third-order valence-electron chi connectivity index (χ3n) is 5.37. The van der Waals surface area contributed by atoms with Gasteiger partial charge in [0.15, 0.2) is 0 Å². The van der Waals surface area contributed by atoms with Crippen LogP contribution >= 0.6 is 0 Å². The number of nitrogens with one attached hydrogen (secondary N) is 1. The van der Waals surface area contributed by atoms with Crippen LogP contribution in [-0.2, 0) is 4.79 Å². The van der Waals surface area contributed by atoms with Crippen molar-refractivity contribution in [3.05, 3.63) is 29.6 Å². The van der Waals surface area contributed by atoms with Gasteiger partial charge >= 0.3 is 0 Å². The highest BCUT2D eigenvalue weighted by atomic mass is 19.1. The Hall–Kier alpha value is -2.15. The lowest BCUT2D eigenvalue weighted by molar-refractivity contribution is -0.135. The average Bonchev–Trinajstić information content (AvgIpc) is 2.65. The second-order valence-electron chi connectivity index (χ2n) is 8.43. The highest BCUT2D eigenvalue weighted by Crippen LogP contribution is 2.19. The molecule has 1 aliphatic heterocycles. The van der Waals surface area contributed by atoms with Crippen LogP contribution in [0.5, 0.6) is 5.75 Å². The zero-order chi connectivity index (χ0) is 20.9. The Balaban J connectivity index is 1.78. The molecule has 1 aromatic rings. The number of carbonyl (C=O) groups excluding carboxylic acids is 2. The van der Waals surface area contributed by atoms with Gasteiger partial charge in [-0.3, -0.25) is 14.5 Å². The van der Waals surface area contributed by atoms with Crippen molar-refractivity contribution in [2.45, 2.75) is 39.2 Å². The molecule has 0 bridgehead atoms. The summed E-state index contributed by atoms with van der Waals surface area (Å²) in [6.45, 7) is 8.70. The summed E-state index contributed by atoms with van der Waals surface area (Å²) in [5, 5.41) is 2.89. The molecule has 0 aromatic heterocycles. The summed E-state index contributed by atoms with van der Waals surface area (Å²) in [7, 11) is 3.28. The highest BCUT2D eigenvalue weighted by molar-refractivity contribution is 5.94. The standard InChI is InChI=1S/C21H32FN3O3/c1-21(2,3)24(4)19(26)14-25-8-6-15(7-9-25)13-23-20(27)16-10-17(22)12-18(11-16)28-5/h10-12,15H,6-9,13-14H2,1-5H3,(H,23,27). The van der Waals surface area contributed by atoms with E-state index < -0.39 is 5.82 Å². The normalized spacial score (nSPS) is 15.9. The van der Waals surface area contributed by atoms with E-state index in [9.17, 15) is 14.0 Å². The van der Waals surface area contributed by atoms with Crippen LogP contribution in [0.2, 0.25) is 0 Å². The number of halogens is 1. The minimum absolute atomic E-state index is 0.124. The molecule has 1 N–H and O–H groups in total. The van der Waals surface area contributed by atoms with Crippen LogP contribution in [0.4, 0.5) is 4.39 Å². The van der Waals surface area contributed by atoms with Crippen LogP contribution < -0.4 is 10.1 Å². The van der Waals surface area contributed by atoms with Gasteiger partial charge in [0.1, 0.15) is 11.6 Å². The van der Waals surface area contributed by atoms with E-state index in [0.29, 0.717) is 24.8 Å². The lowest BCUT2D eigenvalue weighted by Crippen LogP contribution is -2.49. The molecule has 1 fully saturated rings. The Morgan fingerprint density at radius 1 is 1.25 bits per heavy atom. The van der Waals surface area contributed by atoms with Crippen molar-refractivity contribution in [2.75, 3.05) is 40.3 Å².